The van der Waals surface area contributed by atoms with Gasteiger partial charge in [-0.2, -0.15) is 0 Å². The van der Waals surface area contributed by atoms with Gasteiger partial charge in [0.15, 0.2) is 0 Å². The number of hydrogen-bond donors (Lipinski definition) is 0. The van der Waals surface area contributed by atoms with E-state index in [1.54, 1.807) is 55.4 Å². The molecule has 0 aliphatic rings. The van der Waals surface area contributed by atoms with Crippen LogP contribution in [0.1, 0.15) is 81.1 Å². The minimum Gasteiger partial charge on any atom is -0.401 e. The Kier molecular flexibility index (Phi) is 20.5. The smallest absolute Gasteiger partial charge is 0.401 e. The Bertz CT molecular complexity index is 641. The molecule has 0 rings (SSSR count). The van der Waals surface area contributed by atoms with E-state index in [1.807, 2.05) is 0 Å². The molecule has 0 spiro atoms. The lowest BCUT2D eigenvalue weighted by atomic mass is 10.2. The first-order chi connectivity index (χ1) is 20.1. The van der Waals surface area contributed by atoms with Crippen molar-refractivity contribution in [2.24, 2.45) is 0 Å². The average molecular weight is 615 g/mol. The molecule has 42 heavy (non-hydrogen) atoms. The number of rotatable bonds is 27. The second-order valence-corrected chi connectivity index (χ2v) is 8.25. The highest BCUT2D eigenvalue weighted by Crippen LogP contribution is 2.37. The number of ether oxygens (including phenoxy) is 12. The van der Waals surface area contributed by atoms with Gasteiger partial charge in [-0.1, -0.05) is 0 Å². The molecular formula is C28H54O14. The van der Waals surface area contributed by atoms with Crippen molar-refractivity contribution in [1.29, 1.82) is 0 Å². The molecule has 250 valence electrons. The van der Waals surface area contributed by atoms with Crippen molar-refractivity contribution < 1.29 is 66.4 Å². The lowest BCUT2D eigenvalue weighted by Gasteiger charge is -2.44. The molecule has 0 heterocycles. The van der Waals surface area contributed by atoms with E-state index in [2.05, 4.69) is 0 Å². The standard InChI is InChI=1S/C28H54O14/c1-11-33-25(31-9,27(35-13-3,36-14-4)37-15-5)41-23(29)21-19-20-22-24(30)42-26(32-10,34-12-2)28(38-16-6,39-17-7)40-18-8/h11-22H2,1-10H3. The van der Waals surface area contributed by atoms with Gasteiger partial charge in [-0.05, 0) is 68.2 Å². The van der Waals surface area contributed by atoms with Crippen molar-refractivity contribution in [1.82, 2.24) is 0 Å². The van der Waals surface area contributed by atoms with Crippen LogP contribution in [0.25, 0.3) is 0 Å². The summed E-state index contributed by atoms with van der Waals surface area (Å²) in [6, 6.07) is 0. The maximum absolute atomic E-state index is 12.9. The summed E-state index contributed by atoms with van der Waals surface area (Å²) in [6.07, 6.45) is 0.334. The Morgan fingerprint density at radius 3 is 0.810 bits per heavy atom. The van der Waals surface area contributed by atoms with E-state index in [1.165, 1.54) is 14.2 Å². The summed E-state index contributed by atoms with van der Waals surface area (Å²) < 4.78 is 68.3. The van der Waals surface area contributed by atoms with Crippen LogP contribution in [0.2, 0.25) is 0 Å². The summed E-state index contributed by atoms with van der Waals surface area (Å²) in [5.74, 6) is -9.59. The van der Waals surface area contributed by atoms with Crippen LogP contribution < -0.4 is 0 Å². The molecular weight excluding hydrogens is 560 g/mol. The molecule has 0 aliphatic heterocycles. The highest BCUT2D eigenvalue weighted by Gasteiger charge is 2.63. The summed E-state index contributed by atoms with van der Waals surface area (Å²) in [5, 5.41) is 0. The monoisotopic (exact) mass is 614 g/mol. The molecule has 2 atom stereocenters. The fourth-order valence-electron chi connectivity index (χ4n) is 4.05. The maximum Gasteiger partial charge on any atom is 0.416 e. The first kappa shape index (κ1) is 40.5. The van der Waals surface area contributed by atoms with Crippen LogP contribution in [-0.4, -0.2) is 103 Å². The van der Waals surface area contributed by atoms with Crippen LogP contribution in [0.4, 0.5) is 0 Å². The van der Waals surface area contributed by atoms with E-state index in [0.717, 1.165) is 0 Å². The largest absolute Gasteiger partial charge is 0.416 e. The molecule has 0 aromatic carbocycles. The van der Waals surface area contributed by atoms with Gasteiger partial charge >= 0.3 is 35.8 Å². The van der Waals surface area contributed by atoms with Crippen LogP contribution in [0.5, 0.6) is 0 Å². The summed E-state index contributed by atoms with van der Waals surface area (Å²) in [6.45, 7) is 14.9. The van der Waals surface area contributed by atoms with E-state index in [0.29, 0.717) is 0 Å². The molecule has 0 radical (unpaired) electrons. The number of unbranched alkanes of at least 4 members (excludes halogenated alkanes) is 1. The van der Waals surface area contributed by atoms with Gasteiger partial charge in [-0.25, -0.2) is 0 Å². The Morgan fingerprint density at radius 1 is 0.405 bits per heavy atom. The van der Waals surface area contributed by atoms with Crippen molar-refractivity contribution in [3.05, 3.63) is 0 Å². The van der Waals surface area contributed by atoms with Gasteiger partial charge in [0, 0.05) is 66.7 Å². The van der Waals surface area contributed by atoms with E-state index in [-0.39, 0.29) is 78.5 Å². The predicted octanol–water partition coefficient (Wildman–Crippen LogP) is 3.83. The molecule has 0 N–H and O–H groups in total. The SMILES string of the molecule is CCOC(OCC)(OCC)C(OC)(OCC)OC(=O)CCCCC(=O)OC(OC)(OCC)C(OCC)(OCC)OCC. The molecule has 0 saturated heterocycles. The number of carbonyl (C=O) groups is 2. The average Bonchev–Trinajstić information content (AvgIpc) is 2.95. The van der Waals surface area contributed by atoms with Gasteiger partial charge in [-0.3, -0.25) is 9.59 Å². The molecule has 2 unspecified atom stereocenters. The predicted molar refractivity (Wildman–Crippen MR) is 149 cm³/mol. The zero-order valence-corrected chi connectivity index (χ0v) is 27.2. The number of esters is 2. The number of hydrogen-bond acceptors (Lipinski definition) is 14. The molecule has 14 heteroatoms. The topological polar surface area (TPSA) is 145 Å². The quantitative estimate of drug-likeness (QED) is 0.0750. The fourth-order valence-corrected chi connectivity index (χ4v) is 4.05. The van der Waals surface area contributed by atoms with Crippen molar-refractivity contribution >= 4 is 11.9 Å². The number of carbonyl (C=O) groups excluding carboxylic acids is 2. The number of methoxy groups -OCH3 is 2. The minimum absolute atomic E-state index is 0.0897. The Balaban J connectivity index is 5.62. The van der Waals surface area contributed by atoms with Crippen LogP contribution in [0.3, 0.4) is 0 Å². The summed E-state index contributed by atoms with van der Waals surface area (Å²) >= 11 is 0. The zero-order valence-electron chi connectivity index (χ0n) is 27.2. The summed E-state index contributed by atoms with van der Waals surface area (Å²) in [5.41, 5.74) is 0. The molecule has 0 aliphatic carbocycles. The Morgan fingerprint density at radius 2 is 0.619 bits per heavy atom. The van der Waals surface area contributed by atoms with Gasteiger partial charge in [0.05, 0.1) is 13.2 Å². The molecule has 0 bridgehead atoms. The zero-order chi connectivity index (χ0) is 32.1. The van der Waals surface area contributed by atoms with E-state index in [4.69, 9.17) is 56.8 Å². The highest BCUT2D eigenvalue weighted by atomic mass is 17.0. The third-order valence-electron chi connectivity index (χ3n) is 5.47. The van der Waals surface area contributed by atoms with Gasteiger partial charge in [0.2, 0.25) is 0 Å². The molecule has 0 aromatic heterocycles. The third kappa shape index (κ3) is 10.6. The highest BCUT2D eigenvalue weighted by molar-refractivity contribution is 5.71. The summed E-state index contributed by atoms with van der Waals surface area (Å²) in [4.78, 5) is 25.9. The molecule has 0 fully saturated rings. The second-order valence-electron chi connectivity index (χ2n) is 8.25. The van der Waals surface area contributed by atoms with Crippen LogP contribution in [-0.2, 0) is 66.4 Å². The Hall–Kier alpha value is -1.46. The summed E-state index contributed by atoms with van der Waals surface area (Å²) in [7, 11) is 2.58. The lowest BCUT2D eigenvalue weighted by Crippen LogP contribution is -2.64. The minimum atomic E-state index is -2.14. The lowest BCUT2D eigenvalue weighted by molar-refractivity contribution is -0.546. The van der Waals surface area contributed by atoms with Crippen molar-refractivity contribution in [2.45, 2.75) is 105 Å². The van der Waals surface area contributed by atoms with Crippen LogP contribution in [0.15, 0.2) is 0 Å². The van der Waals surface area contributed by atoms with Crippen molar-refractivity contribution in [3.63, 3.8) is 0 Å². The van der Waals surface area contributed by atoms with Gasteiger partial charge in [0.25, 0.3) is 0 Å². The van der Waals surface area contributed by atoms with Crippen molar-refractivity contribution in [2.75, 3.05) is 67.1 Å². The van der Waals surface area contributed by atoms with Gasteiger partial charge < -0.3 is 56.8 Å². The first-order valence-electron chi connectivity index (χ1n) is 14.8. The Labute approximate surface area is 250 Å². The van der Waals surface area contributed by atoms with Crippen LogP contribution in [0, 0.1) is 0 Å². The maximum atomic E-state index is 12.9. The molecule has 14 nitrogen and oxygen atoms in total. The van der Waals surface area contributed by atoms with Gasteiger partial charge in [0.1, 0.15) is 0 Å². The van der Waals surface area contributed by atoms with E-state index >= 15 is 0 Å². The van der Waals surface area contributed by atoms with E-state index < -0.39 is 35.8 Å². The normalized spacial score (nSPS) is 15.2. The molecule has 0 aromatic rings. The van der Waals surface area contributed by atoms with E-state index in [9.17, 15) is 9.59 Å². The fraction of sp³-hybridized carbons (Fsp3) is 0.929. The van der Waals surface area contributed by atoms with Crippen LogP contribution >= 0.6 is 0 Å². The second kappa shape index (κ2) is 21.3. The van der Waals surface area contributed by atoms with Crippen molar-refractivity contribution in [3.8, 4) is 0 Å². The first-order valence-corrected chi connectivity index (χ1v) is 14.8. The third-order valence-corrected chi connectivity index (χ3v) is 5.47. The molecule has 0 saturated carbocycles. The van der Waals surface area contributed by atoms with Gasteiger partial charge in [-0.15, -0.1) is 0 Å². The molecule has 0 amide bonds.